The van der Waals surface area contributed by atoms with E-state index in [1.165, 1.54) is 25.9 Å². The van der Waals surface area contributed by atoms with Crippen LogP contribution in [0.2, 0.25) is 0 Å². The molecular weight excluding hydrogens is 334 g/mol. The molecule has 156 valence electrons. The summed E-state index contributed by atoms with van der Waals surface area (Å²) in [4.78, 5) is 0. The standard InChI is InChI=1S/C20H42NO5/c1-4-10-22-12-14-24-16-18-26-19-17-25-15-13-23-11-9-21(3)7-5-20(2)6-8-21/h20H,4-19H2,1-3H3/q+1. The molecule has 0 unspecified atom stereocenters. The molecular formula is C20H42NO5+. The number of hydrogen-bond donors (Lipinski definition) is 0. The van der Waals surface area contributed by atoms with Crippen molar-refractivity contribution in [1.82, 2.24) is 0 Å². The molecule has 0 aliphatic carbocycles. The van der Waals surface area contributed by atoms with Crippen LogP contribution in [-0.4, -0.2) is 97.2 Å². The molecule has 1 heterocycles. The zero-order valence-corrected chi connectivity index (χ0v) is 17.4. The van der Waals surface area contributed by atoms with Crippen LogP contribution < -0.4 is 0 Å². The lowest BCUT2D eigenvalue weighted by Crippen LogP contribution is -2.51. The summed E-state index contributed by atoms with van der Waals surface area (Å²) in [5, 5.41) is 0. The molecule has 6 nitrogen and oxygen atoms in total. The average Bonchev–Trinajstić information content (AvgIpc) is 2.64. The summed E-state index contributed by atoms with van der Waals surface area (Å²) in [6.45, 7) is 14.8. The Hall–Kier alpha value is -0.240. The number of quaternary nitrogens is 1. The zero-order valence-electron chi connectivity index (χ0n) is 17.4. The van der Waals surface area contributed by atoms with Gasteiger partial charge >= 0.3 is 0 Å². The minimum atomic E-state index is 0.600. The monoisotopic (exact) mass is 376 g/mol. The molecule has 1 aliphatic heterocycles. The molecule has 26 heavy (non-hydrogen) atoms. The Balaban J connectivity index is 1.75. The molecule has 0 aromatic heterocycles. The minimum absolute atomic E-state index is 0.600. The van der Waals surface area contributed by atoms with Crippen molar-refractivity contribution in [1.29, 1.82) is 0 Å². The van der Waals surface area contributed by atoms with Gasteiger partial charge in [0.05, 0.1) is 79.6 Å². The average molecular weight is 377 g/mol. The van der Waals surface area contributed by atoms with Gasteiger partial charge in [0.1, 0.15) is 6.54 Å². The molecule has 0 saturated carbocycles. The first kappa shape index (κ1) is 23.8. The van der Waals surface area contributed by atoms with Crippen LogP contribution >= 0.6 is 0 Å². The lowest BCUT2D eigenvalue weighted by atomic mass is 9.97. The number of hydrogen-bond acceptors (Lipinski definition) is 5. The first-order valence-electron chi connectivity index (χ1n) is 10.4. The van der Waals surface area contributed by atoms with E-state index in [0.29, 0.717) is 52.9 Å². The molecule has 0 aromatic carbocycles. The summed E-state index contributed by atoms with van der Waals surface area (Å²) in [6.07, 6.45) is 3.74. The van der Waals surface area contributed by atoms with Gasteiger partial charge in [0.2, 0.25) is 0 Å². The van der Waals surface area contributed by atoms with Gasteiger partial charge in [-0.15, -0.1) is 0 Å². The molecule has 1 saturated heterocycles. The first-order valence-corrected chi connectivity index (χ1v) is 10.4. The largest absolute Gasteiger partial charge is 0.379 e. The van der Waals surface area contributed by atoms with Crippen molar-refractivity contribution in [2.75, 3.05) is 92.8 Å². The molecule has 0 amide bonds. The second kappa shape index (κ2) is 15.8. The number of rotatable bonds is 17. The first-order chi connectivity index (χ1) is 12.7. The van der Waals surface area contributed by atoms with E-state index >= 15 is 0 Å². The van der Waals surface area contributed by atoms with E-state index in [1.807, 2.05) is 0 Å². The lowest BCUT2D eigenvalue weighted by molar-refractivity contribution is -0.915. The van der Waals surface area contributed by atoms with E-state index in [-0.39, 0.29) is 0 Å². The number of likely N-dealkylation sites (tertiary alicyclic amines) is 1. The van der Waals surface area contributed by atoms with E-state index in [9.17, 15) is 0 Å². The molecule has 0 spiro atoms. The fraction of sp³-hybridized carbons (Fsp3) is 1.00. The van der Waals surface area contributed by atoms with Gasteiger partial charge in [-0.1, -0.05) is 13.8 Å². The maximum Gasteiger partial charge on any atom is 0.102 e. The van der Waals surface area contributed by atoms with Crippen LogP contribution in [0.4, 0.5) is 0 Å². The van der Waals surface area contributed by atoms with E-state index in [0.717, 1.165) is 36.6 Å². The van der Waals surface area contributed by atoms with Crippen LogP contribution in [0.1, 0.15) is 33.1 Å². The van der Waals surface area contributed by atoms with Crippen molar-refractivity contribution in [3.05, 3.63) is 0 Å². The molecule has 6 heteroatoms. The summed E-state index contributed by atoms with van der Waals surface area (Å²) >= 11 is 0. The van der Waals surface area contributed by atoms with E-state index < -0.39 is 0 Å². The Morgan fingerprint density at radius 3 is 1.46 bits per heavy atom. The van der Waals surface area contributed by atoms with E-state index in [2.05, 4.69) is 20.9 Å². The number of ether oxygens (including phenoxy) is 5. The third-order valence-electron chi connectivity index (χ3n) is 4.94. The van der Waals surface area contributed by atoms with Gasteiger partial charge in [0, 0.05) is 6.61 Å². The normalized spacial score (nSPS) is 23.4. The van der Waals surface area contributed by atoms with Crippen molar-refractivity contribution in [3.8, 4) is 0 Å². The highest BCUT2D eigenvalue weighted by atomic mass is 16.6. The third kappa shape index (κ3) is 13.0. The van der Waals surface area contributed by atoms with Gasteiger partial charge in [-0.3, -0.25) is 0 Å². The van der Waals surface area contributed by atoms with Crippen molar-refractivity contribution < 1.29 is 28.2 Å². The zero-order chi connectivity index (χ0) is 18.9. The minimum Gasteiger partial charge on any atom is -0.379 e. The topological polar surface area (TPSA) is 46.2 Å². The second-order valence-corrected chi connectivity index (χ2v) is 7.53. The van der Waals surface area contributed by atoms with Crippen LogP contribution in [0, 0.1) is 5.92 Å². The maximum atomic E-state index is 5.72. The van der Waals surface area contributed by atoms with Gasteiger partial charge in [0.25, 0.3) is 0 Å². The van der Waals surface area contributed by atoms with E-state index in [1.54, 1.807) is 0 Å². The van der Waals surface area contributed by atoms with Gasteiger partial charge in [-0.25, -0.2) is 0 Å². The molecule has 0 N–H and O–H groups in total. The van der Waals surface area contributed by atoms with Crippen LogP contribution in [-0.2, 0) is 23.7 Å². The predicted molar refractivity (Wildman–Crippen MR) is 104 cm³/mol. The summed E-state index contributed by atoms with van der Waals surface area (Å²) in [6, 6.07) is 0. The number of piperidine rings is 1. The summed E-state index contributed by atoms with van der Waals surface area (Å²) in [5.74, 6) is 0.893. The van der Waals surface area contributed by atoms with Gasteiger partial charge in [-0.2, -0.15) is 0 Å². The van der Waals surface area contributed by atoms with Gasteiger partial charge < -0.3 is 28.2 Å². The van der Waals surface area contributed by atoms with Gasteiger partial charge in [0.15, 0.2) is 0 Å². The Morgan fingerprint density at radius 2 is 1.04 bits per heavy atom. The molecule has 1 rings (SSSR count). The summed E-state index contributed by atoms with van der Waals surface area (Å²) < 4.78 is 28.6. The quantitative estimate of drug-likeness (QED) is 0.288. The molecule has 0 aromatic rings. The summed E-state index contributed by atoms with van der Waals surface area (Å²) in [5.41, 5.74) is 0. The number of likely N-dealkylation sites (N-methyl/N-ethyl adjacent to an activating group) is 1. The molecule has 1 fully saturated rings. The Labute approximate surface area is 160 Å². The maximum absolute atomic E-state index is 5.72. The van der Waals surface area contributed by atoms with Gasteiger partial charge in [-0.05, 0) is 25.2 Å². The Kier molecular flexibility index (Phi) is 14.4. The van der Waals surface area contributed by atoms with Crippen molar-refractivity contribution in [3.63, 3.8) is 0 Å². The van der Waals surface area contributed by atoms with Crippen molar-refractivity contribution in [2.45, 2.75) is 33.1 Å². The predicted octanol–water partition coefficient (Wildman–Crippen LogP) is 2.36. The van der Waals surface area contributed by atoms with E-state index in [4.69, 9.17) is 23.7 Å². The van der Waals surface area contributed by atoms with Crippen LogP contribution in [0.3, 0.4) is 0 Å². The van der Waals surface area contributed by atoms with Crippen LogP contribution in [0.15, 0.2) is 0 Å². The molecule has 0 bridgehead atoms. The Morgan fingerprint density at radius 1 is 0.654 bits per heavy atom. The SMILES string of the molecule is CCCOCCOCCOCCOCCOCC[N+]1(C)CCC(C)CC1. The summed E-state index contributed by atoms with van der Waals surface area (Å²) in [7, 11) is 2.35. The smallest absolute Gasteiger partial charge is 0.102 e. The Bertz CT molecular complexity index is 309. The van der Waals surface area contributed by atoms with Crippen LogP contribution in [0.5, 0.6) is 0 Å². The molecule has 1 aliphatic rings. The van der Waals surface area contributed by atoms with Crippen molar-refractivity contribution in [2.24, 2.45) is 5.92 Å². The highest BCUT2D eigenvalue weighted by Crippen LogP contribution is 2.20. The molecule has 0 radical (unpaired) electrons. The number of nitrogens with zero attached hydrogens (tertiary/aromatic N) is 1. The fourth-order valence-corrected chi connectivity index (χ4v) is 2.95. The van der Waals surface area contributed by atoms with Crippen LogP contribution in [0.25, 0.3) is 0 Å². The fourth-order valence-electron chi connectivity index (χ4n) is 2.95. The van der Waals surface area contributed by atoms with Crippen molar-refractivity contribution >= 4 is 0 Å². The second-order valence-electron chi connectivity index (χ2n) is 7.53. The highest BCUT2D eigenvalue weighted by molar-refractivity contribution is 4.59. The molecule has 0 atom stereocenters. The highest BCUT2D eigenvalue weighted by Gasteiger charge is 2.27. The third-order valence-corrected chi connectivity index (χ3v) is 4.94. The lowest BCUT2D eigenvalue weighted by Gasteiger charge is -2.39.